The minimum atomic E-state index is -4.97. The highest BCUT2D eigenvalue weighted by Gasteiger charge is 2.35. The summed E-state index contributed by atoms with van der Waals surface area (Å²) in [4.78, 5) is 8.11. The van der Waals surface area contributed by atoms with Crippen LogP contribution >= 0.6 is 0 Å². The van der Waals surface area contributed by atoms with Gasteiger partial charge in [-0.25, -0.2) is 22.8 Å². The Hall–Kier alpha value is -3.94. The van der Waals surface area contributed by atoms with Crippen LogP contribution in [0.2, 0.25) is 0 Å². The Balaban J connectivity index is 1.41. The van der Waals surface area contributed by atoms with E-state index in [-0.39, 0.29) is 29.6 Å². The Morgan fingerprint density at radius 3 is 2.60 bits per heavy atom. The molecule has 3 heterocycles. The maximum absolute atomic E-state index is 14.8. The van der Waals surface area contributed by atoms with E-state index in [0.717, 1.165) is 62.0 Å². The van der Waals surface area contributed by atoms with E-state index < -0.39 is 33.5 Å². The Morgan fingerprint density at radius 1 is 1.12 bits per heavy atom. The molecule has 9 nitrogen and oxygen atoms in total. The van der Waals surface area contributed by atoms with Gasteiger partial charge in [-0.1, -0.05) is 31.0 Å². The van der Waals surface area contributed by atoms with Gasteiger partial charge in [0, 0.05) is 23.2 Å². The molecule has 5 rings (SSSR count). The van der Waals surface area contributed by atoms with Crippen LogP contribution in [0.15, 0.2) is 48.7 Å². The summed E-state index contributed by atoms with van der Waals surface area (Å²) in [6, 6.07) is 11.7. The maximum atomic E-state index is 14.8. The first-order valence-corrected chi connectivity index (χ1v) is 14.1. The Morgan fingerprint density at radius 2 is 1.88 bits per heavy atom. The van der Waals surface area contributed by atoms with Crippen LogP contribution in [-0.4, -0.2) is 47.2 Å². The van der Waals surface area contributed by atoms with Gasteiger partial charge in [0.05, 0.1) is 18.7 Å². The maximum Gasteiger partial charge on any atom is 0.404 e. The number of sulfonamides is 1. The van der Waals surface area contributed by atoms with Crippen molar-refractivity contribution in [3.8, 4) is 23.0 Å². The summed E-state index contributed by atoms with van der Waals surface area (Å²) in [6.45, 7) is 0.0572. The zero-order chi connectivity index (χ0) is 28.5. The van der Waals surface area contributed by atoms with Crippen molar-refractivity contribution in [2.75, 3.05) is 17.6 Å². The quantitative estimate of drug-likeness (QED) is 0.256. The Bertz CT molecular complexity index is 1640. The number of fused-ring (bicyclic) bond motifs is 1. The van der Waals surface area contributed by atoms with Crippen molar-refractivity contribution in [3.05, 3.63) is 60.2 Å². The van der Waals surface area contributed by atoms with Gasteiger partial charge in [0.1, 0.15) is 29.5 Å². The average Bonchev–Trinajstić information content (AvgIpc) is 3.55. The third-order valence-electron chi connectivity index (χ3n) is 6.48. The molecule has 1 aliphatic carbocycles. The van der Waals surface area contributed by atoms with Crippen LogP contribution in [0, 0.1) is 5.82 Å². The van der Waals surface area contributed by atoms with Crippen molar-refractivity contribution >= 4 is 26.6 Å². The van der Waals surface area contributed by atoms with E-state index in [0.29, 0.717) is 11.7 Å². The number of methoxy groups -OCH3 is 1. The van der Waals surface area contributed by atoms with Crippen LogP contribution in [0.3, 0.4) is 0 Å². The fourth-order valence-electron chi connectivity index (χ4n) is 4.77. The average molecular weight is 580 g/mol. The van der Waals surface area contributed by atoms with Gasteiger partial charge in [0.15, 0.2) is 5.75 Å². The zero-order valence-corrected chi connectivity index (χ0v) is 22.1. The third kappa shape index (κ3) is 6.11. The second-order valence-electron chi connectivity index (χ2n) is 9.37. The van der Waals surface area contributed by atoms with Gasteiger partial charge in [-0.15, -0.1) is 0 Å². The molecule has 14 heteroatoms. The summed E-state index contributed by atoms with van der Waals surface area (Å²) in [7, 11) is -3.69. The number of hydrogen-bond acceptors (Lipinski definition) is 7. The summed E-state index contributed by atoms with van der Waals surface area (Å²) in [5, 5.41) is 5.73. The first-order valence-electron chi connectivity index (χ1n) is 12.4. The molecule has 1 aliphatic rings. The molecule has 1 saturated carbocycles. The lowest BCUT2D eigenvalue weighted by molar-refractivity contribution is -0.106. The van der Waals surface area contributed by atoms with Gasteiger partial charge >= 0.3 is 6.18 Å². The lowest BCUT2D eigenvalue weighted by Gasteiger charge is -2.14. The molecule has 212 valence electrons. The summed E-state index contributed by atoms with van der Waals surface area (Å²) >= 11 is 0. The van der Waals surface area contributed by atoms with Gasteiger partial charge < -0.3 is 9.47 Å². The number of ether oxygens (including phenoxy) is 2. The molecule has 1 aromatic carbocycles. The number of para-hydroxylation sites is 1. The van der Waals surface area contributed by atoms with Crippen LogP contribution in [0.4, 0.5) is 23.2 Å². The normalized spacial score (nSPS) is 14.5. The van der Waals surface area contributed by atoms with E-state index in [9.17, 15) is 26.0 Å². The van der Waals surface area contributed by atoms with Gasteiger partial charge in [-0.2, -0.15) is 18.3 Å². The van der Waals surface area contributed by atoms with Gasteiger partial charge in [-0.05, 0) is 31.0 Å². The van der Waals surface area contributed by atoms with Crippen molar-refractivity contribution < 1.29 is 35.5 Å². The number of halogens is 4. The number of aromatic nitrogens is 4. The molecule has 0 unspecified atom stereocenters. The molecule has 0 amide bonds. The predicted octanol–water partition coefficient (Wildman–Crippen LogP) is 5.64. The number of benzene rings is 1. The highest BCUT2D eigenvalue weighted by atomic mass is 32.2. The second-order valence-corrected chi connectivity index (χ2v) is 11.1. The SMILES string of the molecule is COc1ncc(-c2nc(OCc3nn(C4CCCC4)c4ccccc34)ccc2F)cc1NS(=O)(=O)CC(F)(F)F. The van der Waals surface area contributed by atoms with Crippen LogP contribution in [0.25, 0.3) is 22.2 Å². The molecule has 40 heavy (non-hydrogen) atoms. The minimum Gasteiger partial charge on any atom is -0.480 e. The number of anilines is 1. The van der Waals surface area contributed by atoms with Crippen LogP contribution in [0.5, 0.6) is 11.8 Å². The van der Waals surface area contributed by atoms with Crippen LogP contribution in [0.1, 0.15) is 37.4 Å². The molecule has 0 saturated heterocycles. The van der Waals surface area contributed by atoms with Crippen molar-refractivity contribution in [3.63, 3.8) is 0 Å². The molecule has 4 aromatic rings. The van der Waals surface area contributed by atoms with Crippen molar-refractivity contribution in [1.29, 1.82) is 0 Å². The molecule has 0 aliphatic heterocycles. The third-order valence-corrected chi connectivity index (χ3v) is 7.71. The van der Waals surface area contributed by atoms with Gasteiger partial charge in [0.2, 0.25) is 21.8 Å². The van der Waals surface area contributed by atoms with E-state index in [1.165, 1.54) is 6.07 Å². The smallest absolute Gasteiger partial charge is 0.404 e. The first-order chi connectivity index (χ1) is 19.0. The molecular weight excluding hydrogens is 554 g/mol. The minimum absolute atomic E-state index is 0.00980. The van der Waals surface area contributed by atoms with E-state index in [1.807, 2.05) is 28.9 Å². The molecule has 0 spiro atoms. The van der Waals surface area contributed by atoms with E-state index >= 15 is 0 Å². The van der Waals surface area contributed by atoms with E-state index in [2.05, 4.69) is 9.97 Å². The summed E-state index contributed by atoms with van der Waals surface area (Å²) in [5.74, 6) is -3.13. The number of nitrogens with zero attached hydrogens (tertiary/aromatic N) is 4. The standard InChI is InChI=1S/C26H25F4N5O4S/c1-38-25-20(34-40(36,37)15-26(28,29)30)12-16(13-31-25)24-19(27)10-11-23(32-24)39-14-21-18-8-4-5-9-22(18)35(33-21)17-6-2-3-7-17/h4-5,8-13,17,34H,2-3,6-7,14-15H2,1H3. The molecule has 0 bridgehead atoms. The fraction of sp³-hybridized carbons (Fsp3) is 0.346. The topological polar surface area (TPSA) is 108 Å². The van der Waals surface area contributed by atoms with Crippen LogP contribution in [-0.2, 0) is 16.6 Å². The lowest BCUT2D eigenvalue weighted by Crippen LogP contribution is -2.28. The summed E-state index contributed by atoms with van der Waals surface area (Å²) in [6.07, 6.45) is 0.601. The van der Waals surface area contributed by atoms with Gasteiger partial charge in [-0.3, -0.25) is 9.40 Å². The molecule has 1 fully saturated rings. The number of nitrogens with one attached hydrogen (secondary N) is 1. The highest BCUT2D eigenvalue weighted by Crippen LogP contribution is 2.34. The fourth-order valence-corrected chi connectivity index (χ4v) is 5.76. The van der Waals surface area contributed by atoms with E-state index in [4.69, 9.17) is 14.6 Å². The van der Waals surface area contributed by atoms with Crippen molar-refractivity contribution in [2.24, 2.45) is 0 Å². The number of alkyl halides is 3. The van der Waals surface area contributed by atoms with Crippen molar-refractivity contribution in [2.45, 2.75) is 44.5 Å². The Kier molecular flexibility index (Phi) is 7.53. The summed E-state index contributed by atoms with van der Waals surface area (Å²) in [5.41, 5.74) is 1.04. The number of hydrogen-bond donors (Lipinski definition) is 1. The molecular formula is C26H25F4N5O4S. The van der Waals surface area contributed by atoms with Crippen LogP contribution < -0.4 is 14.2 Å². The molecule has 1 N–H and O–H groups in total. The predicted molar refractivity (Wildman–Crippen MR) is 139 cm³/mol. The monoisotopic (exact) mass is 579 g/mol. The summed E-state index contributed by atoms with van der Waals surface area (Å²) < 4.78 is 91.6. The van der Waals surface area contributed by atoms with E-state index in [1.54, 1.807) is 4.72 Å². The first kappa shape index (κ1) is 27.6. The molecule has 3 aromatic heterocycles. The number of pyridine rings is 2. The van der Waals surface area contributed by atoms with Gasteiger partial charge in [0.25, 0.3) is 0 Å². The molecule has 0 radical (unpaired) electrons. The lowest BCUT2D eigenvalue weighted by atomic mass is 10.1. The van der Waals surface area contributed by atoms with Crippen molar-refractivity contribution in [1.82, 2.24) is 19.7 Å². The highest BCUT2D eigenvalue weighted by molar-refractivity contribution is 7.92. The Labute approximate surface area is 227 Å². The second kappa shape index (κ2) is 10.9. The molecule has 0 atom stereocenters. The largest absolute Gasteiger partial charge is 0.480 e. The zero-order valence-electron chi connectivity index (χ0n) is 21.3. The number of rotatable bonds is 9.